The molecule has 0 saturated heterocycles. The third kappa shape index (κ3) is 4.68. The minimum atomic E-state index is -0.0769. The van der Waals surface area contributed by atoms with Gasteiger partial charge < -0.3 is 9.47 Å². The molecule has 0 spiro atoms. The van der Waals surface area contributed by atoms with Crippen LogP contribution in [0, 0.1) is 10.8 Å². The van der Waals surface area contributed by atoms with Gasteiger partial charge in [-0.2, -0.15) is 0 Å². The Hall–Kier alpha value is -1.78. The van der Waals surface area contributed by atoms with Crippen LogP contribution in [0.3, 0.4) is 0 Å². The number of hydrogen-bond donors (Lipinski definition) is 0. The first-order valence-corrected chi connectivity index (χ1v) is 9.08. The van der Waals surface area contributed by atoms with Crippen LogP contribution >= 0.6 is 0 Å². The summed E-state index contributed by atoms with van der Waals surface area (Å²) in [7, 11) is 3.46. The summed E-state index contributed by atoms with van der Waals surface area (Å²) in [6.45, 7) is 12.9. The van der Waals surface area contributed by atoms with Gasteiger partial charge in [-0.25, -0.2) is 9.97 Å². The molecular formula is C22H32N2O2. The molecule has 0 fully saturated rings. The normalized spacial score (nSPS) is 14.9. The fraction of sp³-hybridized carbons (Fsp3) is 0.545. The monoisotopic (exact) mass is 356 g/mol. The lowest BCUT2D eigenvalue weighted by Crippen LogP contribution is -2.22. The van der Waals surface area contributed by atoms with Gasteiger partial charge in [0.1, 0.15) is 12.2 Å². The molecule has 2 aromatic heterocycles. The Morgan fingerprint density at radius 2 is 1.00 bits per heavy atom. The van der Waals surface area contributed by atoms with Gasteiger partial charge >= 0.3 is 0 Å². The van der Waals surface area contributed by atoms with E-state index >= 15 is 0 Å². The van der Waals surface area contributed by atoms with E-state index in [0.717, 1.165) is 22.8 Å². The lowest BCUT2D eigenvalue weighted by atomic mass is 9.86. The van der Waals surface area contributed by atoms with Crippen molar-refractivity contribution in [1.29, 1.82) is 0 Å². The first-order valence-electron chi connectivity index (χ1n) is 9.08. The Bertz CT molecular complexity index is 666. The van der Waals surface area contributed by atoms with E-state index in [2.05, 4.69) is 41.5 Å². The zero-order valence-electron chi connectivity index (χ0n) is 17.3. The molecule has 2 atom stereocenters. The van der Waals surface area contributed by atoms with Gasteiger partial charge in [0, 0.05) is 14.2 Å². The third-order valence-electron chi connectivity index (χ3n) is 4.39. The van der Waals surface area contributed by atoms with Crippen LogP contribution in [0.2, 0.25) is 0 Å². The van der Waals surface area contributed by atoms with Crippen molar-refractivity contribution in [2.24, 2.45) is 10.8 Å². The van der Waals surface area contributed by atoms with Gasteiger partial charge in [-0.1, -0.05) is 53.7 Å². The van der Waals surface area contributed by atoms with E-state index in [-0.39, 0.29) is 23.0 Å². The van der Waals surface area contributed by atoms with Crippen molar-refractivity contribution in [2.75, 3.05) is 14.2 Å². The highest BCUT2D eigenvalue weighted by Crippen LogP contribution is 2.36. The van der Waals surface area contributed by atoms with Crippen LogP contribution in [0.4, 0.5) is 0 Å². The van der Waals surface area contributed by atoms with Gasteiger partial charge in [-0.05, 0) is 35.1 Å². The van der Waals surface area contributed by atoms with E-state index < -0.39 is 0 Å². The molecule has 142 valence electrons. The van der Waals surface area contributed by atoms with Crippen LogP contribution < -0.4 is 0 Å². The molecule has 0 aromatic carbocycles. The van der Waals surface area contributed by atoms with Crippen molar-refractivity contribution in [3.8, 4) is 11.4 Å². The first-order chi connectivity index (χ1) is 12.1. The molecule has 4 nitrogen and oxygen atoms in total. The SMILES string of the molecule is COC(c1cccc(-c2cccc(C(OC)C(C)(C)C)n2)n1)C(C)(C)C. The molecule has 0 radical (unpaired) electrons. The van der Waals surface area contributed by atoms with E-state index in [1.165, 1.54) is 0 Å². The van der Waals surface area contributed by atoms with E-state index in [4.69, 9.17) is 19.4 Å². The number of rotatable bonds is 5. The summed E-state index contributed by atoms with van der Waals surface area (Å²) in [5, 5.41) is 0. The standard InChI is InChI=1S/C22H32N2O2/c1-21(2,3)19(25-7)17-13-9-11-15(23-17)16-12-10-14-18(24-16)20(26-8)22(4,5)6/h9-14,19-20H,1-8H3. The highest BCUT2D eigenvalue weighted by molar-refractivity contribution is 5.54. The van der Waals surface area contributed by atoms with Gasteiger partial charge in [-0.15, -0.1) is 0 Å². The second kappa shape index (κ2) is 7.85. The second-order valence-corrected chi connectivity index (χ2v) is 8.86. The number of aromatic nitrogens is 2. The summed E-state index contributed by atoms with van der Waals surface area (Å²) in [4.78, 5) is 9.68. The lowest BCUT2D eigenvalue weighted by Gasteiger charge is -2.29. The minimum Gasteiger partial charge on any atom is -0.375 e. The van der Waals surface area contributed by atoms with Crippen LogP contribution in [0.15, 0.2) is 36.4 Å². The van der Waals surface area contributed by atoms with E-state index in [9.17, 15) is 0 Å². The molecule has 0 aliphatic carbocycles. The first kappa shape index (κ1) is 20.5. The lowest BCUT2D eigenvalue weighted by molar-refractivity contribution is 0.0119. The molecule has 2 rings (SSSR count). The van der Waals surface area contributed by atoms with Crippen LogP contribution in [0.5, 0.6) is 0 Å². The Kier molecular flexibility index (Phi) is 6.20. The van der Waals surface area contributed by atoms with Gasteiger partial charge in [0.25, 0.3) is 0 Å². The molecule has 0 amide bonds. The van der Waals surface area contributed by atoms with Crippen molar-refractivity contribution < 1.29 is 9.47 Å². The fourth-order valence-corrected chi connectivity index (χ4v) is 3.32. The van der Waals surface area contributed by atoms with Crippen LogP contribution in [-0.2, 0) is 9.47 Å². The van der Waals surface area contributed by atoms with Gasteiger partial charge in [0.2, 0.25) is 0 Å². The largest absolute Gasteiger partial charge is 0.375 e. The predicted octanol–water partition coefficient (Wildman–Crippen LogP) is 5.61. The van der Waals surface area contributed by atoms with Crippen LogP contribution in [0.25, 0.3) is 11.4 Å². The van der Waals surface area contributed by atoms with Gasteiger partial charge in [0.05, 0.1) is 22.8 Å². The molecule has 0 aliphatic heterocycles. The molecular weight excluding hydrogens is 324 g/mol. The minimum absolute atomic E-state index is 0.0387. The number of pyridine rings is 2. The smallest absolute Gasteiger partial charge is 0.104 e. The maximum Gasteiger partial charge on any atom is 0.104 e. The van der Waals surface area contributed by atoms with Gasteiger partial charge in [-0.3, -0.25) is 0 Å². The number of nitrogens with zero attached hydrogens (tertiary/aromatic N) is 2. The summed E-state index contributed by atoms with van der Waals surface area (Å²) in [5.74, 6) is 0. The molecule has 0 N–H and O–H groups in total. The van der Waals surface area contributed by atoms with Crippen molar-refractivity contribution in [3.05, 3.63) is 47.8 Å². The summed E-state index contributed by atoms with van der Waals surface area (Å²) >= 11 is 0. The maximum atomic E-state index is 5.71. The molecule has 2 heterocycles. The summed E-state index contributed by atoms with van der Waals surface area (Å²) in [6.07, 6.45) is -0.154. The highest BCUT2D eigenvalue weighted by atomic mass is 16.5. The Labute approximate surface area is 158 Å². The Balaban J connectivity index is 2.44. The number of hydrogen-bond acceptors (Lipinski definition) is 4. The highest BCUT2D eigenvalue weighted by Gasteiger charge is 2.29. The molecule has 26 heavy (non-hydrogen) atoms. The predicted molar refractivity (Wildman–Crippen MR) is 106 cm³/mol. The van der Waals surface area contributed by atoms with E-state index in [1.807, 2.05) is 36.4 Å². The molecule has 2 unspecified atom stereocenters. The Morgan fingerprint density at radius 1 is 0.654 bits per heavy atom. The quantitative estimate of drug-likeness (QED) is 0.698. The second-order valence-electron chi connectivity index (χ2n) is 8.86. The summed E-state index contributed by atoms with van der Waals surface area (Å²) in [5.41, 5.74) is 3.46. The van der Waals surface area contributed by atoms with Crippen molar-refractivity contribution in [2.45, 2.75) is 53.8 Å². The van der Waals surface area contributed by atoms with Crippen LogP contribution in [0.1, 0.15) is 65.1 Å². The van der Waals surface area contributed by atoms with Crippen LogP contribution in [-0.4, -0.2) is 24.2 Å². The molecule has 0 aliphatic rings. The zero-order chi connectivity index (χ0) is 19.5. The van der Waals surface area contributed by atoms with Crippen molar-refractivity contribution in [3.63, 3.8) is 0 Å². The van der Waals surface area contributed by atoms with E-state index in [1.54, 1.807) is 14.2 Å². The topological polar surface area (TPSA) is 44.2 Å². The van der Waals surface area contributed by atoms with Gasteiger partial charge in [0.15, 0.2) is 0 Å². The van der Waals surface area contributed by atoms with Crippen molar-refractivity contribution in [1.82, 2.24) is 9.97 Å². The molecule has 0 saturated carbocycles. The summed E-state index contributed by atoms with van der Waals surface area (Å²) < 4.78 is 11.4. The summed E-state index contributed by atoms with van der Waals surface area (Å²) in [6, 6.07) is 12.0. The molecule has 2 aromatic rings. The number of ether oxygens (including phenoxy) is 2. The molecule has 0 bridgehead atoms. The zero-order valence-corrected chi connectivity index (χ0v) is 17.3. The Morgan fingerprint density at radius 3 is 1.27 bits per heavy atom. The van der Waals surface area contributed by atoms with Crippen molar-refractivity contribution >= 4 is 0 Å². The fourth-order valence-electron chi connectivity index (χ4n) is 3.32. The third-order valence-corrected chi connectivity index (χ3v) is 4.39. The molecule has 4 heteroatoms. The average Bonchev–Trinajstić information content (AvgIpc) is 2.54. The number of methoxy groups -OCH3 is 2. The average molecular weight is 357 g/mol. The van der Waals surface area contributed by atoms with E-state index in [0.29, 0.717) is 0 Å². The maximum absolute atomic E-state index is 5.71.